The van der Waals surface area contributed by atoms with Gasteiger partial charge in [-0.3, -0.25) is 14.2 Å². The molecule has 4 rings (SSSR count). The van der Waals surface area contributed by atoms with Crippen LogP contribution in [0.25, 0.3) is 16.6 Å². The Kier molecular flexibility index (Phi) is 6.50. The van der Waals surface area contributed by atoms with Crippen LogP contribution in [-0.4, -0.2) is 34.5 Å². The maximum atomic E-state index is 13.7. The Balaban J connectivity index is 1.89. The van der Waals surface area contributed by atoms with E-state index in [-0.39, 0.29) is 11.5 Å². The molecule has 0 bridgehead atoms. The Labute approximate surface area is 199 Å². The quantitative estimate of drug-likeness (QED) is 0.406. The van der Waals surface area contributed by atoms with E-state index in [2.05, 4.69) is 6.92 Å². The Hall–Kier alpha value is -3.93. The second kappa shape index (κ2) is 9.51. The van der Waals surface area contributed by atoms with E-state index < -0.39 is 6.04 Å². The molecule has 0 saturated heterocycles. The van der Waals surface area contributed by atoms with Crippen molar-refractivity contribution in [1.29, 1.82) is 0 Å². The molecular weight excluding hydrogens is 426 g/mol. The average molecular weight is 456 g/mol. The van der Waals surface area contributed by atoms with E-state index >= 15 is 0 Å². The Bertz CT molecular complexity index is 1410. The first-order valence-electron chi connectivity index (χ1n) is 11.4. The topological polar surface area (TPSA) is 64.4 Å². The largest absolute Gasteiger partial charge is 0.495 e. The molecule has 0 aliphatic carbocycles. The van der Waals surface area contributed by atoms with E-state index in [1.807, 2.05) is 74.5 Å². The summed E-state index contributed by atoms with van der Waals surface area (Å²) in [4.78, 5) is 33.5. The van der Waals surface area contributed by atoms with Gasteiger partial charge < -0.3 is 9.64 Å². The molecule has 0 aliphatic rings. The van der Waals surface area contributed by atoms with E-state index in [9.17, 15) is 9.59 Å². The predicted octanol–water partition coefficient (Wildman–Crippen LogP) is 5.10. The lowest BCUT2D eigenvalue weighted by Gasteiger charge is -2.27. The molecule has 0 spiro atoms. The van der Waals surface area contributed by atoms with Gasteiger partial charge in [0.1, 0.15) is 11.6 Å². The number of aromatic nitrogens is 2. The van der Waals surface area contributed by atoms with E-state index in [4.69, 9.17) is 9.72 Å². The molecule has 1 atom stereocenters. The van der Waals surface area contributed by atoms with Gasteiger partial charge in [0.2, 0.25) is 0 Å². The van der Waals surface area contributed by atoms with Crippen molar-refractivity contribution in [2.24, 2.45) is 0 Å². The summed E-state index contributed by atoms with van der Waals surface area (Å²) in [5.41, 5.74) is 3.73. The number of hydrogen-bond donors (Lipinski definition) is 0. The molecule has 1 unspecified atom stereocenters. The molecular formula is C28H29N3O3. The zero-order valence-electron chi connectivity index (χ0n) is 20.2. The standard InChI is InChI=1S/C28H29N3O3/c1-6-20-12-14-21(15-13-20)27(32)30(4)19(3)26-29-23-10-8-7-9-22(23)28(33)31(26)24-17-18(2)11-16-25(24)34-5/h7-17,19H,6H2,1-5H3. The van der Waals surface area contributed by atoms with Crippen LogP contribution in [0.5, 0.6) is 5.75 Å². The smallest absolute Gasteiger partial charge is 0.266 e. The Morgan fingerprint density at radius 3 is 2.47 bits per heavy atom. The van der Waals surface area contributed by atoms with Crippen LogP contribution in [0, 0.1) is 6.92 Å². The summed E-state index contributed by atoms with van der Waals surface area (Å²) in [6.45, 7) is 5.92. The van der Waals surface area contributed by atoms with Crippen molar-refractivity contribution in [3.05, 3.63) is 99.6 Å². The highest BCUT2D eigenvalue weighted by Gasteiger charge is 2.26. The van der Waals surface area contributed by atoms with Crippen LogP contribution in [0.15, 0.2) is 71.5 Å². The van der Waals surface area contributed by atoms with Crippen LogP contribution in [0.4, 0.5) is 0 Å². The molecule has 0 saturated carbocycles. The van der Waals surface area contributed by atoms with Crippen molar-refractivity contribution in [2.45, 2.75) is 33.2 Å². The van der Waals surface area contributed by atoms with Gasteiger partial charge in [-0.1, -0.05) is 37.3 Å². The summed E-state index contributed by atoms with van der Waals surface area (Å²) in [7, 11) is 3.31. The molecule has 3 aromatic carbocycles. The van der Waals surface area contributed by atoms with Gasteiger partial charge in [-0.25, -0.2) is 4.98 Å². The maximum absolute atomic E-state index is 13.7. The summed E-state index contributed by atoms with van der Waals surface area (Å²) in [5.74, 6) is 0.885. The lowest BCUT2D eigenvalue weighted by Crippen LogP contribution is -2.35. The summed E-state index contributed by atoms with van der Waals surface area (Å²) in [5, 5.41) is 0.506. The minimum absolute atomic E-state index is 0.139. The van der Waals surface area contributed by atoms with Gasteiger partial charge in [-0.15, -0.1) is 0 Å². The first-order valence-corrected chi connectivity index (χ1v) is 11.4. The number of aryl methyl sites for hydroxylation is 2. The number of para-hydroxylation sites is 1. The number of benzene rings is 3. The number of carbonyl (C=O) groups is 1. The SMILES string of the molecule is CCc1ccc(C(=O)N(C)C(C)c2nc3ccccc3c(=O)n2-c2cc(C)ccc2OC)cc1. The van der Waals surface area contributed by atoms with Gasteiger partial charge in [0.15, 0.2) is 0 Å². The third kappa shape index (κ3) is 4.19. The molecule has 0 fully saturated rings. The first kappa shape index (κ1) is 23.2. The maximum Gasteiger partial charge on any atom is 0.266 e. The molecule has 4 aromatic rings. The van der Waals surface area contributed by atoms with Gasteiger partial charge in [-0.05, 0) is 67.8 Å². The van der Waals surface area contributed by atoms with Crippen LogP contribution < -0.4 is 10.3 Å². The number of fused-ring (bicyclic) bond motifs is 1. The molecule has 174 valence electrons. The molecule has 0 aliphatic heterocycles. The Morgan fingerprint density at radius 2 is 1.79 bits per heavy atom. The minimum Gasteiger partial charge on any atom is -0.495 e. The highest BCUT2D eigenvalue weighted by Crippen LogP contribution is 2.28. The normalized spacial score (nSPS) is 11.9. The van der Waals surface area contributed by atoms with E-state index in [1.54, 1.807) is 29.7 Å². The molecule has 1 aromatic heterocycles. The van der Waals surface area contributed by atoms with E-state index in [0.717, 1.165) is 12.0 Å². The van der Waals surface area contributed by atoms with Crippen molar-refractivity contribution in [3.8, 4) is 11.4 Å². The summed E-state index contributed by atoms with van der Waals surface area (Å²) >= 11 is 0. The second-order valence-corrected chi connectivity index (χ2v) is 8.45. The molecule has 0 radical (unpaired) electrons. The minimum atomic E-state index is -0.485. The summed E-state index contributed by atoms with van der Waals surface area (Å²) in [6.07, 6.45) is 0.909. The molecule has 0 N–H and O–H groups in total. The predicted molar refractivity (Wildman–Crippen MR) is 135 cm³/mol. The highest BCUT2D eigenvalue weighted by atomic mass is 16.5. The summed E-state index contributed by atoms with van der Waals surface area (Å²) in [6, 6.07) is 20.1. The molecule has 34 heavy (non-hydrogen) atoms. The van der Waals surface area contributed by atoms with E-state index in [1.165, 1.54) is 5.56 Å². The van der Waals surface area contributed by atoms with Gasteiger partial charge >= 0.3 is 0 Å². The zero-order valence-corrected chi connectivity index (χ0v) is 20.2. The van der Waals surface area contributed by atoms with Gasteiger partial charge in [0, 0.05) is 12.6 Å². The fraction of sp³-hybridized carbons (Fsp3) is 0.250. The van der Waals surface area contributed by atoms with Gasteiger partial charge in [0.25, 0.3) is 11.5 Å². The number of amides is 1. The molecule has 1 heterocycles. The first-order chi connectivity index (χ1) is 16.3. The third-order valence-electron chi connectivity index (χ3n) is 6.26. The number of methoxy groups -OCH3 is 1. The van der Waals surface area contributed by atoms with Crippen molar-refractivity contribution < 1.29 is 9.53 Å². The summed E-state index contributed by atoms with van der Waals surface area (Å²) < 4.78 is 7.16. The van der Waals surface area contributed by atoms with Gasteiger partial charge in [-0.2, -0.15) is 0 Å². The Morgan fingerprint density at radius 1 is 1.09 bits per heavy atom. The van der Waals surface area contributed by atoms with Crippen molar-refractivity contribution in [2.75, 3.05) is 14.2 Å². The molecule has 6 heteroatoms. The van der Waals surface area contributed by atoms with Crippen molar-refractivity contribution in [1.82, 2.24) is 14.5 Å². The molecule has 6 nitrogen and oxygen atoms in total. The average Bonchev–Trinajstić information content (AvgIpc) is 2.87. The third-order valence-corrected chi connectivity index (χ3v) is 6.26. The molecule has 1 amide bonds. The van der Waals surface area contributed by atoms with Crippen LogP contribution in [-0.2, 0) is 6.42 Å². The number of ether oxygens (including phenoxy) is 1. The van der Waals surface area contributed by atoms with Crippen LogP contribution >= 0.6 is 0 Å². The number of rotatable bonds is 6. The second-order valence-electron chi connectivity index (χ2n) is 8.45. The number of carbonyl (C=O) groups excluding carboxylic acids is 1. The van der Waals surface area contributed by atoms with Crippen molar-refractivity contribution in [3.63, 3.8) is 0 Å². The zero-order chi connectivity index (χ0) is 24.4. The highest BCUT2D eigenvalue weighted by molar-refractivity contribution is 5.94. The fourth-order valence-corrected chi connectivity index (χ4v) is 4.07. The van der Waals surface area contributed by atoms with E-state index in [0.29, 0.717) is 33.7 Å². The van der Waals surface area contributed by atoms with Crippen LogP contribution in [0.1, 0.15) is 47.2 Å². The monoisotopic (exact) mass is 455 g/mol. The number of hydrogen-bond acceptors (Lipinski definition) is 4. The number of nitrogens with zero attached hydrogens (tertiary/aromatic N) is 3. The lowest BCUT2D eigenvalue weighted by molar-refractivity contribution is 0.0735. The lowest BCUT2D eigenvalue weighted by atomic mass is 10.1. The van der Waals surface area contributed by atoms with Crippen LogP contribution in [0.2, 0.25) is 0 Å². The van der Waals surface area contributed by atoms with Crippen molar-refractivity contribution >= 4 is 16.8 Å². The fourth-order valence-electron chi connectivity index (χ4n) is 4.07. The van der Waals surface area contributed by atoms with Gasteiger partial charge in [0.05, 0.1) is 29.7 Å². The van der Waals surface area contributed by atoms with Crippen LogP contribution in [0.3, 0.4) is 0 Å².